The predicted molar refractivity (Wildman–Crippen MR) is 89.9 cm³/mol. The summed E-state index contributed by atoms with van der Waals surface area (Å²) in [5.41, 5.74) is 24.1. The average molecular weight is 379 g/mol. The molecule has 14 heteroatoms. The highest BCUT2D eigenvalue weighted by molar-refractivity contribution is 7.85. The van der Waals surface area contributed by atoms with E-state index in [1.165, 1.54) is 11.3 Å². The Morgan fingerprint density at radius 3 is 1.39 bits per heavy atom. The molecule has 0 aromatic heterocycles. The lowest BCUT2D eigenvalue weighted by atomic mass is 10.3. The van der Waals surface area contributed by atoms with Crippen LogP contribution >= 0.6 is 0 Å². The van der Waals surface area contributed by atoms with Gasteiger partial charge in [-0.1, -0.05) is 0 Å². The molecule has 0 bridgehead atoms. The molecule has 0 fully saturated rings. The first-order valence-corrected chi connectivity index (χ1v) is 9.97. The van der Waals surface area contributed by atoms with Crippen molar-refractivity contribution in [1.82, 2.24) is 5.32 Å². The van der Waals surface area contributed by atoms with Crippen molar-refractivity contribution in [2.75, 3.05) is 38.7 Å². The van der Waals surface area contributed by atoms with E-state index in [0.29, 0.717) is 12.5 Å². The smallest absolute Gasteiger partial charge is 0.261 e. The summed E-state index contributed by atoms with van der Waals surface area (Å²) in [7, 11) is -7.33. The molecule has 0 aliphatic carbocycles. The highest BCUT2D eigenvalue weighted by Gasteiger charge is 1.85. The van der Waals surface area contributed by atoms with Crippen molar-refractivity contribution in [2.24, 2.45) is 11.5 Å². The summed E-state index contributed by atoms with van der Waals surface area (Å²) in [6, 6.07) is 0. The maximum atomic E-state index is 9.19. The van der Waals surface area contributed by atoms with Crippen molar-refractivity contribution in [2.45, 2.75) is 19.3 Å². The van der Waals surface area contributed by atoms with Gasteiger partial charge < -0.3 is 27.8 Å². The number of unbranched alkanes of at least 4 members (excludes halogenated alkanes) is 1. The molecule has 0 heterocycles. The third-order valence-electron chi connectivity index (χ3n) is 1.37. The molecule has 0 rings (SSSR count). The van der Waals surface area contributed by atoms with Crippen LogP contribution in [0.15, 0.2) is 0 Å². The van der Waals surface area contributed by atoms with Crippen molar-refractivity contribution in [3.8, 4) is 0 Å². The van der Waals surface area contributed by atoms with E-state index in [-0.39, 0.29) is 0 Å². The monoisotopic (exact) mass is 379 g/mol. The van der Waals surface area contributed by atoms with Crippen LogP contribution < -0.4 is 16.8 Å². The van der Waals surface area contributed by atoms with E-state index in [9.17, 15) is 16.8 Å². The fraction of sp³-hybridized carbons (Fsp3) is 1.00. The Morgan fingerprint density at radius 1 is 0.870 bits per heavy atom. The molecule has 12 nitrogen and oxygen atoms in total. The van der Waals surface area contributed by atoms with Crippen molar-refractivity contribution in [1.29, 1.82) is 0 Å². The van der Waals surface area contributed by atoms with Crippen LogP contribution in [-0.2, 0) is 20.2 Å². The molecule has 0 amide bonds. The van der Waals surface area contributed by atoms with Crippen LogP contribution in [0.3, 0.4) is 0 Å². The molecule has 0 saturated heterocycles. The molecule has 0 atom stereocenters. The minimum atomic E-state index is -3.67. The van der Waals surface area contributed by atoms with E-state index in [0.717, 1.165) is 39.0 Å². The van der Waals surface area contributed by atoms with Crippen LogP contribution in [0.1, 0.15) is 19.3 Å². The van der Waals surface area contributed by atoms with Crippen LogP contribution in [0.4, 0.5) is 0 Å². The van der Waals surface area contributed by atoms with Crippen molar-refractivity contribution < 1.29 is 25.9 Å². The average Bonchev–Trinajstić information content (AvgIpc) is 2.30. The van der Waals surface area contributed by atoms with Crippen molar-refractivity contribution >= 4 is 20.2 Å². The Hall–Kier alpha value is -0.990. The van der Waals surface area contributed by atoms with E-state index < -0.39 is 20.2 Å². The minimum Gasteiger partial charge on any atom is -0.373 e. The first kappa shape index (κ1) is 30.0. The van der Waals surface area contributed by atoms with E-state index in [4.69, 9.17) is 31.6 Å². The highest BCUT2D eigenvalue weighted by Crippen LogP contribution is 1.81. The molecule has 142 valence electrons. The zero-order valence-corrected chi connectivity index (χ0v) is 14.9. The predicted octanol–water partition coefficient (Wildman–Crippen LogP) is -0.462. The Labute approximate surface area is 137 Å². The zero-order valence-electron chi connectivity index (χ0n) is 13.3. The van der Waals surface area contributed by atoms with Crippen molar-refractivity contribution in [3.63, 3.8) is 0 Å². The second-order valence-electron chi connectivity index (χ2n) is 3.94. The summed E-state index contributed by atoms with van der Waals surface area (Å²) >= 11 is 0. The van der Waals surface area contributed by atoms with Gasteiger partial charge in [0.15, 0.2) is 0 Å². The topological polar surface area (TPSA) is 232 Å². The van der Waals surface area contributed by atoms with Gasteiger partial charge in [-0.25, -0.2) is 0 Å². The summed E-state index contributed by atoms with van der Waals surface area (Å²) in [5.74, 6) is 0. The van der Waals surface area contributed by atoms with Gasteiger partial charge in [0.2, 0.25) is 0 Å². The van der Waals surface area contributed by atoms with Gasteiger partial charge in [0.1, 0.15) is 0 Å². The first-order valence-electron chi connectivity index (χ1n) is 6.27. The Balaban J connectivity index is -0.000000117. The number of rotatable bonds is 7. The molecule has 0 radical (unpaired) electrons. The van der Waals surface area contributed by atoms with Crippen LogP contribution in [0, 0.1) is 0 Å². The van der Waals surface area contributed by atoms with Gasteiger partial charge in [-0.3, -0.25) is 14.0 Å². The van der Waals surface area contributed by atoms with Crippen LogP contribution in [0.25, 0.3) is 16.0 Å². The molecular formula is C9H27N6O6S2-. The summed E-state index contributed by atoms with van der Waals surface area (Å²) in [6.45, 7) is 3.71. The molecule has 0 aromatic rings. The van der Waals surface area contributed by atoms with Crippen LogP contribution in [0.2, 0.25) is 0 Å². The second-order valence-corrected chi connectivity index (χ2v) is 6.88. The summed E-state index contributed by atoms with van der Waals surface area (Å²) in [4.78, 5) is 1.50. The summed E-state index contributed by atoms with van der Waals surface area (Å²) in [6.07, 6.45) is 4.80. The van der Waals surface area contributed by atoms with E-state index >= 15 is 0 Å². The van der Waals surface area contributed by atoms with Crippen LogP contribution in [0.5, 0.6) is 0 Å². The van der Waals surface area contributed by atoms with Gasteiger partial charge in [0.05, 0.1) is 12.5 Å². The zero-order chi connectivity index (χ0) is 19.4. The maximum Gasteiger partial charge on any atom is 0.261 e. The fourth-order valence-corrected chi connectivity index (χ4v) is 0.746. The number of nitrogens with two attached hydrogens (primary N) is 2. The van der Waals surface area contributed by atoms with Gasteiger partial charge in [0.25, 0.3) is 20.2 Å². The largest absolute Gasteiger partial charge is 0.373 e. The number of hydrogen-bond donors (Lipinski definition) is 5. The van der Waals surface area contributed by atoms with E-state index in [1.807, 2.05) is 0 Å². The molecule has 7 N–H and O–H groups in total. The second kappa shape index (κ2) is 21.0. The van der Waals surface area contributed by atoms with Gasteiger partial charge in [-0.05, 0) is 45.4 Å². The maximum absolute atomic E-state index is 9.19. The molecular weight excluding hydrogens is 352 g/mol. The SMILES string of the molecule is CS(=O)(=O)O.CS(=O)(=O)O.NCCCCNCCCN.[N-]=[N+]=[N-]. The van der Waals surface area contributed by atoms with Crippen LogP contribution in [-0.4, -0.2) is 64.6 Å². The first-order chi connectivity index (χ1) is 10.3. The quantitative estimate of drug-likeness (QED) is 0.126. The van der Waals surface area contributed by atoms with Gasteiger partial charge >= 0.3 is 0 Å². The van der Waals surface area contributed by atoms with Crippen molar-refractivity contribution in [3.05, 3.63) is 16.0 Å². The van der Waals surface area contributed by atoms with E-state index in [2.05, 4.69) is 5.32 Å². The lowest BCUT2D eigenvalue weighted by molar-refractivity contribution is 0.488. The van der Waals surface area contributed by atoms with Gasteiger partial charge in [-0.15, -0.1) is 0 Å². The lowest BCUT2D eigenvalue weighted by Gasteiger charge is -2.01. The molecule has 0 saturated carbocycles. The molecule has 23 heavy (non-hydrogen) atoms. The minimum absolute atomic E-state index is 0.715. The molecule has 0 aliphatic rings. The Bertz CT molecular complexity index is 407. The Morgan fingerprint density at radius 2 is 1.13 bits per heavy atom. The molecule has 0 aromatic carbocycles. The third kappa shape index (κ3) is 210. The lowest BCUT2D eigenvalue weighted by Crippen LogP contribution is -2.19. The van der Waals surface area contributed by atoms with Gasteiger partial charge in [-0.2, -0.15) is 16.8 Å². The summed E-state index contributed by atoms with van der Waals surface area (Å²) in [5, 5.41) is 3.29. The molecule has 0 spiro atoms. The number of nitrogens with zero attached hydrogens (tertiary/aromatic N) is 3. The van der Waals surface area contributed by atoms with E-state index in [1.54, 1.807) is 0 Å². The number of hydrogen-bond acceptors (Lipinski definition) is 7. The third-order valence-corrected chi connectivity index (χ3v) is 1.37. The Kier molecular flexibility index (Phi) is 27.4. The molecule has 0 aliphatic heterocycles. The fourth-order valence-electron chi connectivity index (χ4n) is 0.746. The summed E-state index contributed by atoms with van der Waals surface area (Å²) < 4.78 is 51.7. The normalized spacial score (nSPS) is 9.83. The standard InChI is InChI=1S/C7H19N3.2CH4O3S.N3/c8-4-1-2-6-10-7-3-5-9;2*1-5(2,3)4;1-3-2/h10H,1-9H2;2*1H3,(H,2,3,4);/q;;;-1. The molecule has 0 unspecified atom stereocenters. The van der Waals surface area contributed by atoms with Gasteiger partial charge in [0, 0.05) is 0 Å². The number of nitrogens with one attached hydrogen (secondary N) is 1. The highest BCUT2D eigenvalue weighted by atomic mass is 32.2.